The third kappa shape index (κ3) is 11.5. The molecule has 0 unspecified atom stereocenters. The Morgan fingerprint density at radius 1 is 0.600 bits per heavy atom. The molecule has 3 aromatic carbocycles. The van der Waals surface area contributed by atoms with Gasteiger partial charge in [0.2, 0.25) is 0 Å². The predicted molar refractivity (Wildman–Crippen MR) is 186 cm³/mol. The number of amides is 2. The first-order chi connectivity index (χ1) is 20.6. The van der Waals surface area contributed by atoms with Crippen LogP contribution >= 0.6 is 0 Å². The lowest BCUT2D eigenvalue weighted by molar-refractivity contribution is 0.0561. The van der Waals surface area contributed by atoms with Gasteiger partial charge in [0, 0.05) is 6.42 Å². The highest BCUT2D eigenvalue weighted by Gasteiger charge is 2.21. The van der Waals surface area contributed by atoms with Crippen molar-refractivity contribution in [1.82, 2.24) is 5.32 Å². The summed E-state index contributed by atoms with van der Waals surface area (Å²) < 4.78 is 10.8. The van der Waals surface area contributed by atoms with Crippen molar-refractivity contribution in [3.8, 4) is 22.3 Å². The standard InChI is InChI=1S/C39H52N2O4/c1-36(2,3)31-18-14-27(15-19-31)29-23-26(24-30(25-29)28-16-20-32(21-17-28)37(4,5)6)13-22-33(40-34(42)44-38(7,8)9)41-35(43)45-39(10,11)12/h14-21,23-25H,13,22H2,1-12H3,(H,40,41,42,43). The summed E-state index contributed by atoms with van der Waals surface area (Å²) in [6.07, 6.45) is -0.607. The number of carbonyl (C=O) groups is 2. The SMILES string of the molecule is CC(C)(C)OC(=O)N=C(CCc1cc(-c2ccc(C(C)(C)C)cc2)cc(-c2ccc(C(C)(C)C)cc2)c1)NC(=O)OC(C)(C)C. The number of ether oxygens (including phenoxy) is 2. The zero-order chi connectivity index (χ0) is 33.8. The summed E-state index contributed by atoms with van der Waals surface area (Å²) in [6, 6.07) is 24.0. The maximum absolute atomic E-state index is 12.7. The molecule has 0 fully saturated rings. The lowest BCUT2D eigenvalue weighted by Gasteiger charge is -2.21. The Labute approximate surface area is 270 Å². The average Bonchev–Trinajstić information content (AvgIpc) is 2.88. The average molecular weight is 613 g/mol. The normalized spacial score (nSPS) is 12.9. The molecule has 0 spiro atoms. The lowest BCUT2D eigenvalue weighted by atomic mass is 9.85. The van der Waals surface area contributed by atoms with Gasteiger partial charge in [-0.25, -0.2) is 9.59 Å². The van der Waals surface area contributed by atoms with E-state index in [0.29, 0.717) is 12.8 Å². The van der Waals surface area contributed by atoms with Crippen LogP contribution in [0.2, 0.25) is 0 Å². The van der Waals surface area contributed by atoms with Crippen molar-refractivity contribution in [3.05, 3.63) is 83.4 Å². The summed E-state index contributed by atoms with van der Waals surface area (Å²) in [4.78, 5) is 29.4. The number of amidine groups is 1. The van der Waals surface area contributed by atoms with Crippen molar-refractivity contribution < 1.29 is 19.1 Å². The molecule has 0 atom stereocenters. The van der Waals surface area contributed by atoms with Crippen LogP contribution in [0.15, 0.2) is 71.7 Å². The molecule has 0 aromatic heterocycles. The van der Waals surface area contributed by atoms with Gasteiger partial charge in [0.15, 0.2) is 0 Å². The number of aliphatic imine (C=N–C) groups is 1. The quantitative estimate of drug-likeness (QED) is 0.230. The Bertz CT molecular complexity index is 1430. The Balaban J connectivity index is 2.01. The second-order valence-electron chi connectivity index (χ2n) is 15.7. The molecule has 6 nitrogen and oxygen atoms in total. The number of hydrogen-bond acceptors (Lipinski definition) is 4. The van der Waals surface area contributed by atoms with Crippen LogP contribution in [0.3, 0.4) is 0 Å². The molecule has 0 saturated carbocycles. The first kappa shape index (κ1) is 35.5. The van der Waals surface area contributed by atoms with Crippen molar-refractivity contribution in [2.24, 2.45) is 4.99 Å². The van der Waals surface area contributed by atoms with E-state index in [1.807, 2.05) is 0 Å². The fourth-order valence-electron chi connectivity index (χ4n) is 4.72. The van der Waals surface area contributed by atoms with E-state index in [-0.39, 0.29) is 16.7 Å². The Morgan fingerprint density at radius 2 is 1.02 bits per heavy atom. The fraction of sp³-hybridized carbons (Fsp3) is 0.462. The van der Waals surface area contributed by atoms with Crippen molar-refractivity contribution in [3.63, 3.8) is 0 Å². The number of alkyl carbamates (subject to hydrolysis) is 1. The van der Waals surface area contributed by atoms with Gasteiger partial charge in [0.05, 0.1) is 0 Å². The van der Waals surface area contributed by atoms with E-state index < -0.39 is 23.4 Å². The Hall–Kier alpha value is -3.93. The molecule has 0 aliphatic heterocycles. The molecule has 0 saturated heterocycles. The number of hydrogen-bond donors (Lipinski definition) is 1. The van der Waals surface area contributed by atoms with E-state index in [4.69, 9.17) is 9.47 Å². The molecule has 0 bridgehead atoms. The van der Waals surface area contributed by atoms with Crippen LogP contribution in [0.1, 0.15) is 106 Å². The zero-order valence-electron chi connectivity index (χ0n) is 29.3. The number of nitrogens with zero attached hydrogens (tertiary/aromatic N) is 1. The highest BCUT2D eigenvalue weighted by Crippen LogP contribution is 2.32. The van der Waals surface area contributed by atoms with Crippen molar-refractivity contribution in [2.45, 2.75) is 118 Å². The molecular formula is C39H52N2O4. The molecule has 0 aliphatic carbocycles. The van der Waals surface area contributed by atoms with E-state index in [0.717, 1.165) is 27.8 Å². The van der Waals surface area contributed by atoms with Gasteiger partial charge in [-0.1, -0.05) is 102 Å². The van der Waals surface area contributed by atoms with Gasteiger partial charge in [-0.05, 0) is 104 Å². The molecule has 45 heavy (non-hydrogen) atoms. The van der Waals surface area contributed by atoms with E-state index in [1.165, 1.54) is 11.1 Å². The predicted octanol–water partition coefficient (Wildman–Crippen LogP) is 10.4. The van der Waals surface area contributed by atoms with Crippen molar-refractivity contribution in [1.29, 1.82) is 0 Å². The molecular weight excluding hydrogens is 560 g/mol. The van der Waals surface area contributed by atoms with E-state index in [9.17, 15) is 9.59 Å². The lowest BCUT2D eigenvalue weighted by Crippen LogP contribution is -2.37. The number of aryl methyl sites for hydroxylation is 1. The smallest absolute Gasteiger partial charge is 0.435 e. The van der Waals surface area contributed by atoms with Crippen LogP contribution in [0, 0.1) is 0 Å². The van der Waals surface area contributed by atoms with Gasteiger partial charge < -0.3 is 9.47 Å². The first-order valence-electron chi connectivity index (χ1n) is 15.8. The highest BCUT2D eigenvalue weighted by atomic mass is 16.6. The van der Waals surface area contributed by atoms with E-state index in [1.54, 1.807) is 41.5 Å². The Kier molecular flexibility index (Phi) is 10.7. The van der Waals surface area contributed by atoms with Gasteiger partial charge >= 0.3 is 12.2 Å². The van der Waals surface area contributed by atoms with Gasteiger partial charge in [-0.3, -0.25) is 5.32 Å². The highest BCUT2D eigenvalue weighted by molar-refractivity contribution is 6.00. The molecule has 3 aromatic rings. The second kappa shape index (κ2) is 13.6. The number of carbonyl (C=O) groups excluding carboxylic acids is 2. The third-order valence-electron chi connectivity index (χ3n) is 7.08. The van der Waals surface area contributed by atoms with Crippen LogP contribution < -0.4 is 5.32 Å². The topological polar surface area (TPSA) is 77.0 Å². The molecule has 0 aliphatic rings. The largest absolute Gasteiger partial charge is 0.444 e. The minimum atomic E-state index is -0.763. The molecule has 1 N–H and O–H groups in total. The molecule has 0 heterocycles. The minimum absolute atomic E-state index is 0.0609. The number of rotatable bonds is 5. The first-order valence-corrected chi connectivity index (χ1v) is 15.8. The van der Waals surface area contributed by atoms with Crippen molar-refractivity contribution >= 4 is 18.0 Å². The zero-order valence-corrected chi connectivity index (χ0v) is 29.3. The molecule has 6 heteroatoms. The second-order valence-corrected chi connectivity index (χ2v) is 15.7. The number of nitrogens with one attached hydrogen (secondary N) is 1. The van der Waals surface area contributed by atoms with Crippen LogP contribution in [0.4, 0.5) is 9.59 Å². The Morgan fingerprint density at radius 3 is 1.40 bits per heavy atom. The monoisotopic (exact) mass is 612 g/mol. The molecule has 3 rings (SSSR count). The maximum atomic E-state index is 12.7. The van der Waals surface area contributed by atoms with Crippen LogP contribution in [0.5, 0.6) is 0 Å². The fourth-order valence-corrected chi connectivity index (χ4v) is 4.72. The maximum Gasteiger partial charge on any atom is 0.435 e. The molecule has 2 amide bonds. The summed E-state index contributed by atoms with van der Waals surface area (Å²) in [6.45, 7) is 23.9. The van der Waals surface area contributed by atoms with Gasteiger partial charge in [0.25, 0.3) is 0 Å². The summed E-state index contributed by atoms with van der Waals surface area (Å²) in [7, 11) is 0. The summed E-state index contributed by atoms with van der Waals surface area (Å²) >= 11 is 0. The van der Waals surface area contributed by atoms with Gasteiger partial charge in [0.1, 0.15) is 17.0 Å². The van der Waals surface area contributed by atoms with Crippen LogP contribution in [0.25, 0.3) is 22.3 Å². The van der Waals surface area contributed by atoms with Gasteiger partial charge in [-0.15, -0.1) is 0 Å². The van der Waals surface area contributed by atoms with E-state index in [2.05, 4.69) is 119 Å². The summed E-state index contributed by atoms with van der Waals surface area (Å²) in [5, 5.41) is 2.68. The van der Waals surface area contributed by atoms with Crippen molar-refractivity contribution in [2.75, 3.05) is 0 Å². The molecule has 242 valence electrons. The van der Waals surface area contributed by atoms with Crippen LogP contribution in [-0.2, 0) is 26.7 Å². The number of benzene rings is 3. The summed E-state index contributed by atoms with van der Waals surface area (Å²) in [5.41, 5.74) is 6.72. The molecule has 0 radical (unpaired) electrons. The van der Waals surface area contributed by atoms with Crippen LogP contribution in [-0.4, -0.2) is 29.2 Å². The third-order valence-corrected chi connectivity index (χ3v) is 7.08. The minimum Gasteiger partial charge on any atom is -0.444 e. The van der Waals surface area contributed by atoms with E-state index >= 15 is 0 Å². The van der Waals surface area contributed by atoms with Gasteiger partial charge in [-0.2, -0.15) is 4.99 Å². The summed E-state index contributed by atoms with van der Waals surface area (Å²) in [5.74, 6) is 0.189.